The number of aliphatic hydroxyl groups is 17. The van der Waals surface area contributed by atoms with E-state index in [0.717, 1.165) is 0 Å². The monoisotopic (exact) mass is 1010 g/mol. The minimum Gasteiger partial charge on any atom is -0.394 e. The fraction of sp³-hybridized carbons (Fsp3) is 1.00. The van der Waals surface area contributed by atoms with Crippen molar-refractivity contribution in [2.75, 3.05) is 33.0 Å². The molecule has 7 aliphatic heterocycles. The molecule has 0 spiro atoms. The highest BCUT2D eigenvalue weighted by Crippen LogP contribution is 2.37. The molecule has 7 fully saturated rings. The smallest absolute Gasteiger partial charge is 0.187 e. The Balaban J connectivity index is 1.18. The maximum Gasteiger partial charge on any atom is 0.187 e. The maximum absolute atomic E-state index is 12.0. The first kappa shape index (κ1) is 55.5. The van der Waals surface area contributed by atoms with Crippen LogP contribution < -0.4 is 5.32 Å². The van der Waals surface area contributed by atoms with Gasteiger partial charge in [-0.25, -0.2) is 0 Å². The van der Waals surface area contributed by atoms with E-state index >= 15 is 0 Å². The van der Waals surface area contributed by atoms with Crippen LogP contribution in [0.1, 0.15) is 20.3 Å². The van der Waals surface area contributed by atoms with Crippen molar-refractivity contribution in [3.8, 4) is 0 Å². The number of nitrogens with one attached hydrogen (secondary N) is 1. The molecule has 7 aliphatic rings. The lowest BCUT2D eigenvalue weighted by atomic mass is 9.95. The molecule has 7 heterocycles. The second-order valence-corrected chi connectivity index (χ2v) is 18.0. The summed E-state index contributed by atoms with van der Waals surface area (Å²) >= 11 is 0. The Kier molecular flexibility index (Phi) is 19.0. The molecule has 0 aromatic heterocycles. The van der Waals surface area contributed by atoms with Crippen molar-refractivity contribution in [3.63, 3.8) is 0 Å². The van der Waals surface area contributed by atoms with Crippen LogP contribution in [0.4, 0.5) is 0 Å². The molecule has 13 unspecified atom stereocenters. The number of hydrogen-bond acceptors (Lipinski definition) is 30. The zero-order valence-corrected chi connectivity index (χ0v) is 37.1. The van der Waals surface area contributed by atoms with E-state index in [0.29, 0.717) is 0 Å². The van der Waals surface area contributed by atoms with Gasteiger partial charge in [-0.15, -0.1) is 0 Å². The van der Waals surface area contributed by atoms with Crippen molar-refractivity contribution >= 4 is 0 Å². The van der Waals surface area contributed by atoms with Crippen molar-refractivity contribution in [2.24, 2.45) is 0 Å². The van der Waals surface area contributed by atoms with Crippen LogP contribution in [0, 0.1) is 0 Å². The molecule has 30 nitrogen and oxygen atoms in total. The molecule has 0 bridgehead atoms. The van der Waals surface area contributed by atoms with Gasteiger partial charge in [0.05, 0.1) is 45.2 Å². The zero-order valence-electron chi connectivity index (χ0n) is 37.1. The van der Waals surface area contributed by atoms with E-state index in [1.54, 1.807) is 13.8 Å². The van der Waals surface area contributed by atoms with E-state index in [9.17, 15) is 86.8 Å². The Hall–Kier alpha value is -1.20. The summed E-state index contributed by atoms with van der Waals surface area (Å²) in [6.45, 7) is -1.18. The van der Waals surface area contributed by atoms with E-state index < -0.39 is 223 Å². The van der Waals surface area contributed by atoms with Gasteiger partial charge in [0.15, 0.2) is 37.7 Å². The Morgan fingerprint density at radius 1 is 0.362 bits per heavy atom. The van der Waals surface area contributed by atoms with Crippen molar-refractivity contribution in [2.45, 2.75) is 211 Å². The summed E-state index contributed by atoms with van der Waals surface area (Å²) < 4.78 is 69.6. The van der Waals surface area contributed by atoms with E-state index in [1.807, 2.05) is 0 Å². The third-order valence-corrected chi connectivity index (χ3v) is 13.4. The van der Waals surface area contributed by atoms with E-state index in [2.05, 4.69) is 5.32 Å². The maximum atomic E-state index is 12.0. The molecule has 31 atom stereocenters. The molecule has 0 aromatic carbocycles. The lowest BCUT2D eigenvalue weighted by Crippen LogP contribution is -2.68. The van der Waals surface area contributed by atoms with Crippen molar-refractivity contribution in [1.29, 1.82) is 0 Å². The Bertz CT molecular complexity index is 1600. The molecular weight excluding hydrogens is 946 g/mol. The summed E-state index contributed by atoms with van der Waals surface area (Å²) in [6, 6.07) is -0.949. The normalized spacial score (nSPS) is 54.0. The minimum atomic E-state index is -2.17. The van der Waals surface area contributed by atoms with Gasteiger partial charge in [0, 0.05) is 0 Å². The predicted octanol–water partition coefficient (Wildman–Crippen LogP) is -11.7. The van der Waals surface area contributed by atoms with E-state index in [-0.39, 0.29) is 6.42 Å². The lowest BCUT2D eigenvalue weighted by Gasteiger charge is -2.50. The summed E-state index contributed by atoms with van der Waals surface area (Å²) in [5.41, 5.74) is 0. The highest BCUT2D eigenvalue weighted by Gasteiger charge is 2.58. The molecule has 0 radical (unpaired) electrons. The third-order valence-electron chi connectivity index (χ3n) is 13.4. The summed E-state index contributed by atoms with van der Waals surface area (Å²) in [6.07, 6.45) is -52.5. The van der Waals surface area contributed by atoms with Crippen molar-refractivity contribution in [1.82, 2.24) is 5.32 Å². The van der Waals surface area contributed by atoms with Gasteiger partial charge in [-0.05, 0) is 13.3 Å². The Morgan fingerprint density at radius 3 is 1.32 bits per heavy atom. The zero-order chi connectivity index (χ0) is 50.3. The number of fused-ring (bicyclic) bond motifs is 1. The number of ether oxygens (including phenoxy) is 12. The highest BCUT2D eigenvalue weighted by molar-refractivity contribution is 5.01. The fourth-order valence-corrected chi connectivity index (χ4v) is 9.35. The molecule has 7 saturated heterocycles. The lowest BCUT2D eigenvalue weighted by molar-refractivity contribution is -0.398. The standard InChI is InChI=1S/C39H67NO29/c1-3-10-17(45)23(51)27(55)35(60-10)68-32-25(53)19(47)12(5-42)62-38(32)58-8-15-21(49)31(29(57)37(65-15)66-30-14(7-44)64-34-16(22(30)50)40-9(2)59-34)67-39-33(26(54)20(48)13(6-43)63-39)69-36-28(56)24(52)18(46)11(4-41)61-36/h9-57H,3-8H2,1-2H3/t9?,10?,11-,12?,13-,14?,15?,16?,17+,18+,19+,20+,21+,22+,23-,24?,25-,26?,27?,28?,29?,30+,31-,32?,33?,34-,35+,36+,37-,38-,39+/m0/s1. The second kappa shape index (κ2) is 23.6. The molecule has 0 aromatic rings. The molecule has 7 rings (SSSR count). The molecule has 0 aliphatic carbocycles. The summed E-state index contributed by atoms with van der Waals surface area (Å²) in [5.74, 6) is 0. The Labute approximate surface area is 392 Å². The van der Waals surface area contributed by atoms with Gasteiger partial charge in [-0.3, -0.25) is 5.32 Å². The van der Waals surface area contributed by atoms with Gasteiger partial charge in [-0.2, -0.15) is 0 Å². The van der Waals surface area contributed by atoms with Crippen LogP contribution in [0.3, 0.4) is 0 Å². The Morgan fingerprint density at radius 2 is 0.783 bits per heavy atom. The van der Waals surface area contributed by atoms with E-state index in [4.69, 9.17) is 56.8 Å². The van der Waals surface area contributed by atoms with Gasteiger partial charge < -0.3 is 144 Å². The van der Waals surface area contributed by atoms with Gasteiger partial charge in [0.2, 0.25) is 0 Å². The predicted molar refractivity (Wildman–Crippen MR) is 212 cm³/mol. The van der Waals surface area contributed by atoms with Gasteiger partial charge >= 0.3 is 0 Å². The average Bonchev–Trinajstić information content (AvgIpc) is 3.72. The molecule has 18 N–H and O–H groups in total. The largest absolute Gasteiger partial charge is 0.394 e. The van der Waals surface area contributed by atoms with Gasteiger partial charge in [0.25, 0.3) is 0 Å². The highest BCUT2D eigenvalue weighted by atomic mass is 16.8. The molecule has 0 amide bonds. The molecule has 30 heteroatoms. The quantitative estimate of drug-likeness (QED) is 0.0682. The van der Waals surface area contributed by atoms with Gasteiger partial charge in [0.1, 0.15) is 141 Å². The summed E-state index contributed by atoms with van der Waals surface area (Å²) in [7, 11) is 0. The first-order valence-corrected chi connectivity index (χ1v) is 22.6. The van der Waals surface area contributed by atoms with Crippen LogP contribution in [-0.2, 0) is 56.8 Å². The SMILES string of the molecule is CCC1O[C@H](OC2[C@@H](OCC3O[C@@H](O[C@@H]4C(CO)O[C@@H]5OC(C)NC5[C@H]4O)C(O)[C@@H](O[C@H]4O[C@@H](CO)[C@@H](O)C(O)C4O[C@H]4O[C@@H](CO)[C@@H](O)C(O)C4O)[C@@H]3O)OC(CO)[C@@H](O)[C@@H]2O)C(O)[C@@H](O)[C@@H]1O. The average molecular weight is 1010 g/mol. The summed E-state index contributed by atoms with van der Waals surface area (Å²) in [4.78, 5) is 0. The topological polar surface area (TPSA) is 467 Å². The van der Waals surface area contributed by atoms with E-state index in [1.165, 1.54) is 0 Å². The van der Waals surface area contributed by atoms with Crippen LogP contribution in [0.25, 0.3) is 0 Å². The van der Waals surface area contributed by atoms with Gasteiger partial charge in [-0.1, -0.05) is 6.92 Å². The number of aliphatic hydroxyl groups excluding tert-OH is 17. The van der Waals surface area contributed by atoms with Crippen LogP contribution in [-0.4, -0.2) is 310 Å². The summed E-state index contributed by atoms with van der Waals surface area (Å²) in [5, 5.41) is 186. The number of hydrogen-bond donors (Lipinski definition) is 18. The third kappa shape index (κ3) is 11.3. The van der Waals surface area contributed by atoms with Crippen LogP contribution in [0.5, 0.6) is 0 Å². The molecule has 69 heavy (non-hydrogen) atoms. The molecular formula is C39H67NO29. The van der Waals surface area contributed by atoms with Crippen molar-refractivity contribution in [3.05, 3.63) is 0 Å². The number of rotatable bonds is 16. The van der Waals surface area contributed by atoms with Crippen LogP contribution >= 0.6 is 0 Å². The van der Waals surface area contributed by atoms with Crippen molar-refractivity contribution < 1.29 is 144 Å². The van der Waals surface area contributed by atoms with Crippen LogP contribution in [0.2, 0.25) is 0 Å². The molecule has 0 saturated carbocycles. The molecule has 402 valence electrons. The second-order valence-electron chi connectivity index (χ2n) is 18.0. The first-order valence-electron chi connectivity index (χ1n) is 22.6. The first-order chi connectivity index (χ1) is 32.8. The minimum absolute atomic E-state index is 0.124. The van der Waals surface area contributed by atoms with Crippen LogP contribution in [0.15, 0.2) is 0 Å². The fourth-order valence-electron chi connectivity index (χ4n) is 9.35.